The summed E-state index contributed by atoms with van der Waals surface area (Å²) < 4.78 is 5.35. The number of rotatable bonds is 4. The van der Waals surface area contributed by atoms with E-state index < -0.39 is 23.8 Å². The van der Waals surface area contributed by atoms with E-state index in [1.807, 2.05) is 18.3 Å². The van der Waals surface area contributed by atoms with E-state index in [1.165, 1.54) is 0 Å². The number of aromatic amines is 1. The Morgan fingerprint density at radius 2 is 2.21 bits per heavy atom. The summed E-state index contributed by atoms with van der Waals surface area (Å²) in [6.07, 6.45) is 2.82. The fourth-order valence-corrected chi connectivity index (χ4v) is 3.60. The Morgan fingerprint density at radius 1 is 1.45 bits per heavy atom. The molecular weight excluding hydrogens is 370 g/mol. The molecule has 0 bridgehead atoms. The quantitative estimate of drug-likeness (QED) is 0.684. The lowest BCUT2D eigenvalue weighted by Gasteiger charge is -2.27. The molecule has 2 amide bonds. The van der Waals surface area contributed by atoms with Crippen molar-refractivity contribution in [3.8, 4) is 6.07 Å². The summed E-state index contributed by atoms with van der Waals surface area (Å²) in [5.74, 6) is -0.279. The summed E-state index contributed by atoms with van der Waals surface area (Å²) >= 11 is 0. The Labute approximate surface area is 170 Å². The van der Waals surface area contributed by atoms with Crippen LogP contribution < -0.4 is 11.1 Å². The van der Waals surface area contributed by atoms with Gasteiger partial charge in [-0.1, -0.05) is 0 Å². The molecule has 1 aromatic heterocycles. The Kier molecular flexibility index (Phi) is 5.69. The molecule has 29 heavy (non-hydrogen) atoms. The lowest BCUT2D eigenvalue weighted by atomic mass is 10.0. The fourth-order valence-electron chi connectivity index (χ4n) is 3.60. The van der Waals surface area contributed by atoms with Crippen LogP contribution in [-0.4, -0.2) is 46.1 Å². The molecule has 2 unspecified atom stereocenters. The zero-order valence-corrected chi connectivity index (χ0v) is 17.0. The summed E-state index contributed by atoms with van der Waals surface area (Å²) in [5, 5.41) is 13.0. The SMILES string of the molecule is CC(C)(C)OC(=O)NC(Cc1c[nH]c2ccc(N)cc12)C(=O)N1CCCC1C#N. The van der Waals surface area contributed by atoms with E-state index in [9.17, 15) is 14.9 Å². The van der Waals surface area contributed by atoms with E-state index in [1.54, 1.807) is 31.7 Å². The molecule has 1 fully saturated rings. The molecule has 0 aliphatic carbocycles. The molecule has 154 valence electrons. The van der Waals surface area contributed by atoms with Crippen molar-refractivity contribution < 1.29 is 14.3 Å². The largest absolute Gasteiger partial charge is 0.444 e. The number of likely N-dealkylation sites (tertiary alicyclic amines) is 1. The lowest BCUT2D eigenvalue weighted by Crippen LogP contribution is -2.51. The van der Waals surface area contributed by atoms with Crippen LogP contribution in [-0.2, 0) is 16.0 Å². The third kappa shape index (κ3) is 4.80. The second-order valence-electron chi connectivity index (χ2n) is 8.34. The standard InChI is InChI=1S/C21H27N5O3/c1-21(2,3)29-20(28)25-18(19(27)26-8-4-5-15(26)11-22)9-13-12-24-17-7-6-14(23)10-16(13)17/h6-7,10,12,15,18,24H,4-5,8-9,23H2,1-3H3,(H,25,28). The van der Waals surface area contributed by atoms with Crippen LogP contribution in [0, 0.1) is 11.3 Å². The van der Waals surface area contributed by atoms with Gasteiger partial charge in [0.1, 0.15) is 17.7 Å². The molecule has 1 aromatic carbocycles. The number of nitriles is 1. The maximum atomic E-state index is 13.2. The molecule has 8 heteroatoms. The van der Waals surface area contributed by atoms with Crippen molar-refractivity contribution in [2.45, 2.75) is 57.7 Å². The van der Waals surface area contributed by atoms with Gasteiger partial charge in [0.2, 0.25) is 5.91 Å². The minimum atomic E-state index is -0.848. The Bertz CT molecular complexity index is 953. The van der Waals surface area contributed by atoms with Crippen LogP contribution in [0.4, 0.5) is 10.5 Å². The molecule has 1 saturated heterocycles. The van der Waals surface area contributed by atoms with Crippen molar-refractivity contribution in [1.82, 2.24) is 15.2 Å². The van der Waals surface area contributed by atoms with Crippen molar-refractivity contribution in [2.75, 3.05) is 12.3 Å². The summed E-state index contributed by atoms with van der Waals surface area (Å²) in [6.45, 7) is 5.79. The number of nitrogens with two attached hydrogens (primary N) is 1. The Hall–Kier alpha value is -3.21. The zero-order valence-electron chi connectivity index (χ0n) is 17.0. The normalized spacial score (nSPS) is 17.7. The summed E-state index contributed by atoms with van der Waals surface area (Å²) in [7, 11) is 0. The number of nitrogens with one attached hydrogen (secondary N) is 2. The Morgan fingerprint density at radius 3 is 2.90 bits per heavy atom. The molecular formula is C21H27N5O3. The monoisotopic (exact) mass is 397 g/mol. The molecule has 1 aliphatic heterocycles. The van der Waals surface area contributed by atoms with Crippen molar-refractivity contribution in [2.24, 2.45) is 0 Å². The van der Waals surface area contributed by atoms with Gasteiger partial charge in [-0.2, -0.15) is 5.26 Å². The number of alkyl carbamates (subject to hydrolysis) is 1. The van der Waals surface area contributed by atoms with Crippen LogP contribution in [0.3, 0.4) is 0 Å². The van der Waals surface area contributed by atoms with Gasteiger partial charge >= 0.3 is 6.09 Å². The number of nitrogen functional groups attached to an aromatic ring is 1. The second kappa shape index (κ2) is 8.03. The lowest BCUT2D eigenvalue weighted by molar-refractivity contribution is -0.133. The van der Waals surface area contributed by atoms with Gasteiger partial charge in [-0.25, -0.2) is 4.79 Å². The van der Waals surface area contributed by atoms with E-state index >= 15 is 0 Å². The highest BCUT2D eigenvalue weighted by Gasteiger charge is 2.35. The third-order valence-corrected chi connectivity index (χ3v) is 4.89. The molecule has 2 aromatic rings. The van der Waals surface area contributed by atoms with Crippen LogP contribution in [0.1, 0.15) is 39.2 Å². The first kappa shape index (κ1) is 20.5. The molecule has 1 aliphatic rings. The van der Waals surface area contributed by atoms with E-state index in [2.05, 4.69) is 16.4 Å². The highest BCUT2D eigenvalue weighted by atomic mass is 16.6. The van der Waals surface area contributed by atoms with Gasteiger partial charge in [0, 0.05) is 35.8 Å². The topological polar surface area (TPSA) is 124 Å². The Balaban J connectivity index is 1.87. The fraction of sp³-hybridized carbons (Fsp3) is 0.476. The van der Waals surface area contributed by atoms with Gasteiger partial charge < -0.3 is 25.7 Å². The number of H-pyrrole nitrogens is 1. The number of aromatic nitrogens is 1. The highest BCUT2D eigenvalue weighted by Crippen LogP contribution is 2.24. The summed E-state index contributed by atoms with van der Waals surface area (Å²) in [5.41, 5.74) is 7.60. The van der Waals surface area contributed by atoms with E-state index in [4.69, 9.17) is 10.5 Å². The van der Waals surface area contributed by atoms with Crippen LogP contribution in [0.15, 0.2) is 24.4 Å². The average molecular weight is 397 g/mol. The minimum Gasteiger partial charge on any atom is -0.444 e. The molecule has 4 N–H and O–H groups in total. The van der Waals surface area contributed by atoms with Crippen LogP contribution in [0.25, 0.3) is 10.9 Å². The van der Waals surface area contributed by atoms with Crippen molar-refractivity contribution in [3.63, 3.8) is 0 Å². The molecule has 2 atom stereocenters. The van der Waals surface area contributed by atoms with Crippen LogP contribution >= 0.6 is 0 Å². The number of carbonyl (C=O) groups is 2. The maximum absolute atomic E-state index is 13.2. The highest BCUT2D eigenvalue weighted by molar-refractivity contribution is 5.90. The first-order valence-corrected chi connectivity index (χ1v) is 9.73. The van der Waals surface area contributed by atoms with Gasteiger partial charge in [0.05, 0.1) is 6.07 Å². The van der Waals surface area contributed by atoms with Crippen LogP contribution in [0.5, 0.6) is 0 Å². The van der Waals surface area contributed by atoms with Gasteiger partial charge in [0.15, 0.2) is 0 Å². The molecule has 3 rings (SSSR count). The van der Waals surface area contributed by atoms with Crippen molar-refractivity contribution in [3.05, 3.63) is 30.0 Å². The van der Waals surface area contributed by atoms with E-state index in [0.717, 1.165) is 22.9 Å². The third-order valence-electron chi connectivity index (χ3n) is 4.89. The first-order valence-electron chi connectivity index (χ1n) is 9.73. The van der Waals surface area contributed by atoms with Crippen LogP contribution in [0.2, 0.25) is 0 Å². The smallest absolute Gasteiger partial charge is 0.408 e. The van der Waals surface area contributed by atoms with Gasteiger partial charge in [0.25, 0.3) is 0 Å². The number of hydrogen-bond acceptors (Lipinski definition) is 5. The number of carbonyl (C=O) groups excluding carboxylic acids is 2. The molecule has 0 radical (unpaired) electrons. The number of anilines is 1. The summed E-state index contributed by atoms with van der Waals surface area (Å²) in [4.78, 5) is 30.3. The van der Waals surface area contributed by atoms with Gasteiger partial charge in [-0.05, 0) is 57.4 Å². The number of ether oxygens (including phenoxy) is 1. The zero-order chi connectivity index (χ0) is 21.2. The first-order chi connectivity index (χ1) is 13.7. The minimum absolute atomic E-state index is 0.260. The molecule has 8 nitrogen and oxygen atoms in total. The average Bonchev–Trinajstić information content (AvgIpc) is 3.25. The summed E-state index contributed by atoms with van der Waals surface area (Å²) in [6, 6.07) is 6.37. The van der Waals surface area contributed by atoms with Gasteiger partial charge in [-0.3, -0.25) is 4.79 Å². The number of benzene rings is 1. The number of nitrogens with zero attached hydrogens (tertiary/aromatic N) is 2. The number of amides is 2. The predicted octanol–water partition coefficient (Wildman–Crippen LogP) is 2.70. The number of hydrogen-bond donors (Lipinski definition) is 3. The van der Waals surface area contributed by atoms with E-state index in [0.29, 0.717) is 18.7 Å². The second-order valence-corrected chi connectivity index (χ2v) is 8.34. The number of fused-ring (bicyclic) bond motifs is 1. The van der Waals surface area contributed by atoms with Crippen molar-refractivity contribution >= 4 is 28.6 Å². The molecule has 0 saturated carbocycles. The van der Waals surface area contributed by atoms with Gasteiger partial charge in [-0.15, -0.1) is 0 Å². The molecule has 0 spiro atoms. The van der Waals surface area contributed by atoms with Crippen molar-refractivity contribution in [1.29, 1.82) is 5.26 Å². The molecule has 2 heterocycles. The van der Waals surface area contributed by atoms with E-state index in [-0.39, 0.29) is 12.3 Å². The predicted molar refractivity (Wildman–Crippen MR) is 110 cm³/mol. The maximum Gasteiger partial charge on any atom is 0.408 e.